The van der Waals surface area contributed by atoms with Crippen LogP contribution in [0.5, 0.6) is 0 Å². The van der Waals surface area contributed by atoms with Crippen molar-refractivity contribution in [3.63, 3.8) is 0 Å². The molecule has 1 heteroatoms. The third-order valence-corrected chi connectivity index (χ3v) is 3.80. The third kappa shape index (κ3) is 3.85. The van der Waals surface area contributed by atoms with Crippen molar-refractivity contribution >= 4 is 0 Å². The molecule has 0 spiro atoms. The standard InChI is InChI=1S/C16H25N/c1-13(2)7-6-10-17-16-11-15(12-16)14-8-4-3-5-9-14/h3-5,8-9,13,15-17H,6-7,10-12H2,1-2H3. The Labute approximate surface area is 106 Å². The quantitative estimate of drug-likeness (QED) is 0.731. The molecule has 0 saturated heterocycles. The second-order valence-corrected chi connectivity index (χ2v) is 5.77. The minimum Gasteiger partial charge on any atom is -0.314 e. The van der Waals surface area contributed by atoms with E-state index in [0.29, 0.717) is 0 Å². The van der Waals surface area contributed by atoms with E-state index in [1.54, 1.807) is 0 Å². The van der Waals surface area contributed by atoms with Gasteiger partial charge in [0, 0.05) is 6.04 Å². The minimum absolute atomic E-state index is 0.771. The smallest absolute Gasteiger partial charge is 0.00787 e. The Kier molecular flexibility index (Phi) is 4.61. The van der Waals surface area contributed by atoms with Gasteiger partial charge in [-0.3, -0.25) is 0 Å². The SMILES string of the molecule is CC(C)CCCNC1CC(c2ccccc2)C1. The molecule has 1 aromatic carbocycles. The molecule has 1 aliphatic carbocycles. The second kappa shape index (κ2) is 6.20. The van der Waals surface area contributed by atoms with E-state index >= 15 is 0 Å². The molecule has 1 aliphatic rings. The number of hydrogen-bond donors (Lipinski definition) is 1. The van der Waals surface area contributed by atoms with E-state index in [9.17, 15) is 0 Å². The summed E-state index contributed by atoms with van der Waals surface area (Å²) >= 11 is 0. The minimum atomic E-state index is 0.771. The van der Waals surface area contributed by atoms with E-state index in [1.165, 1.54) is 37.8 Å². The fraction of sp³-hybridized carbons (Fsp3) is 0.625. The van der Waals surface area contributed by atoms with Crippen LogP contribution < -0.4 is 5.32 Å². The van der Waals surface area contributed by atoms with Crippen LogP contribution >= 0.6 is 0 Å². The van der Waals surface area contributed by atoms with Gasteiger partial charge < -0.3 is 5.32 Å². The van der Waals surface area contributed by atoms with E-state index in [4.69, 9.17) is 0 Å². The Hall–Kier alpha value is -0.820. The maximum Gasteiger partial charge on any atom is 0.00787 e. The molecule has 0 aliphatic heterocycles. The van der Waals surface area contributed by atoms with Gasteiger partial charge in [0.05, 0.1) is 0 Å². The van der Waals surface area contributed by atoms with Crippen molar-refractivity contribution in [3.8, 4) is 0 Å². The van der Waals surface area contributed by atoms with Gasteiger partial charge in [0.2, 0.25) is 0 Å². The molecule has 1 aromatic rings. The normalized spacial score (nSPS) is 23.7. The summed E-state index contributed by atoms with van der Waals surface area (Å²) in [6.45, 7) is 5.80. The van der Waals surface area contributed by atoms with E-state index in [2.05, 4.69) is 49.5 Å². The fourth-order valence-corrected chi connectivity index (χ4v) is 2.60. The average molecular weight is 231 g/mol. The predicted molar refractivity (Wildman–Crippen MR) is 74.3 cm³/mol. The van der Waals surface area contributed by atoms with Crippen LogP contribution in [0.15, 0.2) is 30.3 Å². The van der Waals surface area contributed by atoms with Crippen molar-refractivity contribution < 1.29 is 0 Å². The molecule has 0 unspecified atom stereocenters. The number of nitrogens with one attached hydrogen (secondary N) is 1. The molecule has 1 nitrogen and oxygen atoms in total. The molecule has 0 bridgehead atoms. The number of rotatable bonds is 6. The van der Waals surface area contributed by atoms with Gasteiger partial charge in [-0.1, -0.05) is 44.2 Å². The van der Waals surface area contributed by atoms with Gasteiger partial charge in [0.15, 0.2) is 0 Å². The van der Waals surface area contributed by atoms with Gasteiger partial charge in [-0.15, -0.1) is 0 Å². The molecular formula is C16H25N. The summed E-state index contributed by atoms with van der Waals surface area (Å²) in [5.74, 6) is 1.65. The Balaban J connectivity index is 1.60. The van der Waals surface area contributed by atoms with Crippen molar-refractivity contribution in [1.29, 1.82) is 0 Å². The molecule has 17 heavy (non-hydrogen) atoms. The van der Waals surface area contributed by atoms with E-state index in [-0.39, 0.29) is 0 Å². The Morgan fingerprint density at radius 3 is 2.53 bits per heavy atom. The summed E-state index contributed by atoms with van der Waals surface area (Å²) < 4.78 is 0. The van der Waals surface area contributed by atoms with Crippen molar-refractivity contribution in [1.82, 2.24) is 5.32 Å². The largest absolute Gasteiger partial charge is 0.314 e. The molecule has 0 heterocycles. The molecule has 0 amide bonds. The molecule has 0 radical (unpaired) electrons. The highest BCUT2D eigenvalue weighted by molar-refractivity contribution is 5.22. The first kappa shape index (κ1) is 12.6. The summed E-state index contributed by atoms with van der Waals surface area (Å²) in [6, 6.07) is 11.7. The molecule has 1 N–H and O–H groups in total. The zero-order valence-electron chi connectivity index (χ0n) is 11.2. The van der Waals surface area contributed by atoms with Crippen LogP contribution in [-0.4, -0.2) is 12.6 Å². The van der Waals surface area contributed by atoms with Crippen LogP contribution in [0.3, 0.4) is 0 Å². The lowest BCUT2D eigenvalue weighted by molar-refractivity contribution is 0.288. The monoisotopic (exact) mass is 231 g/mol. The Morgan fingerprint density at radius 1 is 1.18 bits per heavy atom. The second-order valence-electron chi connectivity index (χ2n) is 5.77. The Bertz CT molecular complexity index is 312. The van der Waals surface area contributed by atoms with Crippen molar-refractivity contribution in [2.45, 2.75) is 51.5 Å². The van der Waals surface area contributed by atoms with Gasteiger partial charge in [0.1, 0.15) is 0 Å². The van der Waals surface area contributed by atoms with E-state index < -0.39 is 0 Å². The van der Waals surface area contributed by atoms with Gasteiger partial charge in [0.25, 0.3) is 0 Å². The molecule has 1 fully saturated rings. The van der Waals surface area contributed by atoms with Crippen molar-refractivity contribution in [2.75, 3.05) is 6.54 Å². The van der Waals surface area contributed by atoms with Crippen LogP contribution in [0, 0.1) is 5.92 Å². The van der Waals surface area contributed by atoms with Crippen LogP contribution in [-0.2, 0) is 0 Å². The first-order chi connectivity index (χ1) is 8.25. The van der Waals surface area contributed by atoms with Crippen molar-refractivity contribution in [3.05, 3.63) is 35.9 Å². The van der Waals surface area contributed by atoms with Crippen LogP contribution in [0.4, 0.5) is 0 Å². The summed E-state index contributed by atoms with van der Waals surface area (Å²) in [4.78, 5) is 0. The highest BCUT2D eigenvalue weighted by atomic mass is 14.9. The van der Waals surface area contributed by atoms with Gasteiger partial charge in [-0.2, -0.15) is 0 Å². The summed E-state index contributed by atoms with van der Waals surface area (Å²) in [6.07, 6.45) is 5.32. The molecule has 2 rings (SSSR count). The predicted octanol–water partition coefficient (Wildman–Crippen LogP) is 3.96. The molecule has 0 atom stereocenters. The third-order valence-electron chi connectivity index (χ3n) is 3.80. The van der Waals surface area contributed by atoms with Crippen LogP contribution in [0.1, 0.15) is 51.0 Å². The summed E-state index contributed by atoms with van der Waals surface area (Å²) in [7, 11) is 0. The van der Waals surface area contributed by atoms with Crippen molar-refractivity contribution in [2.24, 2.45) is 5.92 Å². The number of benzene rings is 1. The lowest BCUT2D eigenvalue weighted by Gasteiger charge is -2.36. The summed E-state index contributed by atoms with van der Waals surface area (Å²) in [5, 5.41) is 3.67. The van der Waals surface area contributed by atoms with Gasteiger partial charge in [-0.05, 0) is 49.6 Å². The highest BCUT2D eigenvalue weighted by Gasteiger charge is 2.29. The molecule has 1 saturated carbocycles. The lowest BCUT2D eigenvalue weighted by Crippen LogP contribution is -2.40. The fourth-order valence-electron chi connectivity index (χ4n) is 2.60. The maximum absolute atomic E-state index is 3.67. The first-order valence-electron chi connectivity index (χ1n) is 7.04. The van der Waals surface area contributed by atoms with Crippen LogP contribution in [0.25, 0.3) is 0 Å². The van der Waals surface area contributed by atoms with E-state index in [1.807, 2.05) is 0 Å². The van der Waals surface area contributed by atoms with E-state index in [0.717, 1.165) is 17.9 Å². The van der Waals surface area contributed by atoms with Gasteiger partial charge >= 0.3 is 0 Å². The maximum atomic E-state index is 3.67. The van der Waals surface area contributed by atoms with Crippen LogP contribution in [0.2, 0.25) is 0 Å². The lowest BCUT2D eigenvalue weighted by atomic mass is 9.76. The Morgan fingerprint density at radius 2 is 1.88 bits per heavy atom. The number of hydrogen-bond acceptors (Lipinski definition) is 1. The molecule has 94 valence electrons. The zero-order chi connectivity index (χ0) is 12.1. The highest BCUT2D eigenvalue weighted by Crippen LogP contribution is 2.36. The molecule has 0 aromatic heterocycles. The summed E-state index contributed by atoms with van der Waals surface area (Å²) in [5.41, 5.74) is 1.52. The zero-order valence-corrected chi connectivity index (χ0v) is 11.2. The first-order valence-corrected chi connectivity index (χ1v) is 7.04. The van der Waals surface area contributed by atoms with Gasteiger partial charge in [-0.25, -0.2) is 0 Å². The average Bonchev–Trinajstić information content (AvgIpc) is 2.27. The molecular weight excluding hydrogens is 206 g/mol. The topological polar surface area (TPSA) is 12.0 Å².